The molecule has 0 saturated carbocycles. The summed E-state index contributed by atoms with van der Waals surface area (Å²) in [6.45, 7) is 3.06. The Balaban J connectivity index is 1.52. The van der Waals surface area contributed by atoms with E-state index in [1.165, 1.54) is 25.5 Å². The van der Waals surface area contributed by atoms with Gasteiger partial charge in [0.15, 0.2) is 5.76 Å². The lowest BCUT2D eigenvalue weighted by Gasteiger charge is -2.22. The van der Waals surface area contributed by atoms with E-state index in [2.05, 4.69) is 5.32 Å². The van der Waals surface area contributed by atoms with Crippen LogP contribution in [-0.2, 0) is 4.74 Å². The second kappa shape index (κ2) is 7.34. The van der Waals surface area contributed by atoms with Crippen molar-refractivity contribution in [1.29, 1.82) is 0 Å². The van der Waals surface area contributed by atoms with Crippen molar-refractivity contribution in [2.75, 3.05) is 26.3 Å². The second-order valence-electron chi connectivity index (χ2n) is 4.81. The minimum Gasteiger partial charge on any atom is -0.461 e. The molecule has 2 rings (SSSR count). The molecule has 2 heterocycles. The van der Waals surface area contributed by atoms with Crippen LogP contribution in [0, 0.1) is 5.92 Å². The highest BCUT2D eigenvalue weighted by Gasteiger charge is 2.12. The summed E-state index contributed by atoms with van der Waals surface area (Å²) in [5, 5.41) is 3.41. The number of hydrogen-bond donors (Lipinski definition) is 1. The molecule has 1 saturated heterocycles. The lowest BCUT2D eigenvalue weighted by atomic mass is 9.95. The highest BCUT2D eigenvalue weighted by molar-refractivity contribution is 5.94. The van der Waals surface area contributed by atoms with Crippen LogP contribution in [0.5, 0.6) is 0 Å². The number of rotatable bonds is 7. The molecule has 0 unspecified atom stereocenters. The quantitative estimate of drug-likeness (QED) is 0.596. The van der Waals surface area contributed by atoms with Gasteiger partial charge in [-0.2, -0.15) is 0 Å². The molecule has 0 bridgehead atoms. The predicted octanol–water partition coefficient (Wildman–Crippen LogP) is 2.26. The van der Waals surface area contributed by atoms with Gasteiger partial charge in [0.05, 0.1) is 6.26 Å². The number of ether oxygens (including phenoxy) is 1. The molecule has 1 N–H and O–H groups in total. The number of carbonyl (C=O) groups excluding carboxylic acids is 1. The number of Topliss-reactive ketones (excluding diaryl/α,β-unsaturated/α-hetero) is 1. The largest absolute Gasteiger partial charge is 0.461 e. The lowest BCUT2D eigenvalue weighted by Crippen LogP contribution is -2.29. The van der Waals surface area contributed by atoms with Crippen LogP contribution < -0.4 is 5.32 Å². The normalized spacial score (nSPS) is 19.9. The standard InChI is InChI=1S/C14H21NO3/c16-13(14-6-3-9-18-14)11-17-8-2-5-12-4-1-7-15-10-12/h3,6,9,12,15H,1-2,4-5,7-8,10-11H2/t12-/m0/s1. The first-order chi connectivity index (χ1) is 8.86. The summed E-state index contributed by atoms with van der Waals surface area (Å²) in [7, 11) is 0. The van der Waals surface area contributed by atoms with E-state index in [0.717, 1.165) is 25.4 Å². The molecule has 1 aromatic rings. The topological polar surface area (TPSA) is 51.5 Å². The Labute approximate surface area is 108 Å². The fourth-order valence-corrected chi connectivity index (χ4v) is 2.32. The summed E-state index contributed by atoms with van der Waals surface area (Å²) in [4.78, 5) is 11.5. The molecule has 1 aliphatic heterocycles. The lowest BCUT2D eigenvalue weighted by molar-refractivity contribution is 0.0719. The van der Waals surface area contributed by atoms with Crippen LogP contribution in [0.1, 0.15) is 36.2 Å². The Hall–Kier alpha value is -1.13. The summed E-state index contributed by atoms with van der Waals surface area (Å²) in [6, 6.07) is 3.38. The molecule has 1 fully saturated rings. The maximum atomic E-state index is 11.5. The van der Waals surface area contributed by atoms with Gasteiger partial charge >= 0.3 is 0 Å². The molecular weight excluding hydrogens is 230 g/mol. The summed E-state index contributed by atoms with van der Waals surface area (Å²) >= 11 is 0. The van der Waals surface area contributed by atoms with Gasteiger partial charge in [0.1, 0.15) is 6.61 Å². The van der Waals surface area contributed by atoms with Crippen LogP contribution in [0.15, 0.2) is 22.8 Å². The number of furan rings is 1. The van der Waals surface area contributed by atoms with E-state index < -0.39 is 0 Å². The summed E-state index contributed by atoms with van der Waals surface area (Å²) in [5.41, 5.74) is 0. The van der Waals surface area contributed by atoms with E-state index in [1.54, 1.807) is 12.1 Å². The summed E-state index contributed by atoms with van der Waals surface area (Å²) in [5.74, 6) is 1.08. The SMILES string of the molecule is O=C(COCCC[C@@H]1CCCNC1)c1ccco1. The first kappa shape index (κ1) is 13.3. The fraction of sp³-hybridized carbons (Fsp3) is 0.643. The number of ketones is 1. The molecule has 4 nitrogen and oxygen atoms in total. The molecule has 0 radical (unpaired) electrons. The van der Waals surface area contributed by atoms with E-state index in [9.17, 15) is 4.79 Å². The van der Waals surface area contributed by atoms with E-state index in [-0.39, 0.29) is 12.4 Å². The van der Waals surface area contributed by atoms with Crippen LogP contribution in [0.2, 0.25) is 0 Å². The molecule has 100 valence electrons. The Morgan fingerprint density at radius 2 is 2.50 bits per heavy atom. The smallest absolute Gasteiger partial charge is 0.223 e. The highest BCUT2D eigenvalue weighted by Crippen LogP contribution is 2.15. The van der Waals surface area contributed by atoms with Crippen LogP contribution in [-0.4, -0.2) is 32.1 Å². The molecule has 1 aliphatic rings. The molecule has 1 aromatic heterocycles. The molecular formula is C14H21NO3. The monoisotopic (exact) mass is 251 g/mol. The van der Waals surface area contributed by atoms with Crippen molar-refractivity contribution in [1.82, 2.24) is 5.32 Å². The van der Waals surface area contributed by atoms with Gasteiger partial charge in [0, 0.05) is 6.61 Å². The molecule has 0 aliphatic carbocycles. The summed E-state index contributed by atoms with van der Waals surface area (Å²) in [6.07, 6.45) is 6.31. The highest BCUT2D eigenvalue weighted by atomic mass is 16.5. The Kier molecular flexibility index (Phi) is 5.42. The number of piperidine rings is 1. The summed E-state index contributed by atoms with van der Waals surface area (Å²) < 4.78 is 10.4. The van der Waals surface area contributed by atoms with Crippen molar-refractivity contribution in [2.45, 2.75) is 25.7 Å². The van der Waals surface area contributed by atoms with Crippen molar-refractivity contribution in [3.05, 3.63) is 24.2 Å². The number of hydrogen-bond acceptors (Lipinski definition) is 4. The van der Waals surface area contributed by atoms with E-state index >= 15 is 0 Å². The van der Waals surface area contributed by atoms with Crippen LogP contribution in [0.4, 0.5) is 0 Å². The molecule has 0 aromatic carbocycles. The average molecular weight is 251 g/mol. The maximum Gasteiger partial charge on any atom is 0.223 e. The predicted molar refractivity (Wildman–Crippen MR) is 68.7 cm³/mol. The Morgan fingerprint density at radius 3 is 3.22 bits per heavy atom. The van der Waals surface area contributed by atoms with Crippen molar-refractivity contribution in [3.63, 3.8) is 0 Å². The van der Waals surface area contributed by atoms with Crippen LogP contribution in [0.25, 0.3) is 0 Å². The van der Waals surface area contributed by atoms with Crippen molar-refractivity contribution >= 4 is 5.78 Å². The van der Waals surface area contributed by atoms with Gasteiger partial charge in [-0.3, -0.25) is 4.79 Å². The first-order valence-electron chi connectivity index (χ1n) is 6.71. The van der Waals surface area contributed by atoms with Crippen LogP contribution in [0.3, 0.4) is 0 Å². The third-order valence-corrected chi connectivity index (χ3v) is 3.33. The zero-order valence-corrected chi connectivity index (χ0v) is 10.7. The van der Waals surface area contributed by atoms with Crippen LogP contribution >= 0.6 is 0 Å². The fourth-order valence-electron chi connectivity index (χ4n) is 2.32. The van der Waals surface area contributed by atoms with Gasteiger partial charge in [-0.15, -0.1) is 0 Å². The minimum absolute atomic E-state index is 0.0840. The van der Waals surface area contributed by atoms with E-state index in [1.807, 2.05) is 0 Å². The van der Waals surface area contributed by atoms with Crippen molar-refractivity contribution in [3.8, 4) is 0 Å². The molecule has 18 heavy (non-hydrogen) atoms. The maximum absolute atomic E-state index is 11.5. The third-order valence-electron chi connectivity index (χ3n) is 3.33. The number of carbonyl (C=O) groups is 1. The minimum atomic E-state index is -0.0840. The Morgan fingerprint density at radius 1 is 1.56 bits per heavy atom. The van der Waals surface area contributed by atoms with Gasteiger partial charge in [-0.05, 0) is 56.8 Å². The van der Waals surface area contributed by atoms with E-state index in [0.29, 0.717) is 12.4 Å². The zero-order valence-electron chi connectivity index (χ0n) is 10.7. The van der Waals surface area contributed by atoms with Gasteiger partial charge in [-0.1, -0.05) is 0 Å². The van der Waals surface area contributed by atoms with Gasteiger partial charge in [0.2, 0.25) is 5.78 Å². The molecule has 0 amide bonds. The number of nitrogens with one attached hydrogen (secondary N) is 1. The van der Waals surface area contributed by atoms with Crippen molar-refractivity contribution < 1.29 is 13.9 Å². The Bertz CT molecular complexity index is 342. The zero-order chi connectivity index (χ0) is 12.6. The van der Waals surface area contributed by atoms with Gasteiger partial charge < -0.3 is 14.5 Å². The second-order valence-corrected chi connectivity index (χ2v) is 4.81. The van der Waals surface area contributed by atoms with Gasteiger partial charge in [-0.25, -0.2) is 0 Å². The van der Waals surface area contributed by atoms with E-state index in [4.69, 9.17) is 9.15 Å². The first-order valence-corrected chi connectivity index (χ1v) is 6.71. The third kappa shape index (κ3) is 4.27. The van der Waals surface area contributed by atoms with Gasteiger partial charge in [0.25, 0.3) is 0 Å². The average Bonchev–Trinajstić information content (AvgIpc) is 2.93. The molecule has 0 spiro atoms. The molecule has 1 atom stereocenters. The molecule has 4 heteroatoms. The van der Waals surface area contributed by atoms with Crippen molar-refractivity contribution in [2.24, 2.45) is 5.92 Å².